The van der Waals surface area contributed by atoms with E-state index in [0.29, 0.717) is 24.4 Å². The lowest BCUT2D eigenvalue weighted by Crippen LogP contribution is -2.20. The summed E-state index contributed by atoms with van der Waals surface area (Å²) in [4.78, 5) is 21.4. The van der Waals surface area contributed by atoms with Crippen molar-refractivity contribution in [2.24, 2.45) is 0 Å². The van der Waals surface area contributed by atoms with Gasteiger partial charge >= 0.3 is 0 Å². The molecule has 0 saturated heterocycles. The average Bonchev–Trinajstić information content (AvgIpc) is 3.31. The molecule has 2 aromatic carbocycles. The van der Waals surface area contributed by atoms with Crippen molar-refractivity contribution in [2.45, 2.75) is 18.8 Å². The third kappa shape index (κ3) is 3.80. The Bertz CT molecular complexity index is 1160. The van der Waals surface area contributed by atoms with Crippen molar-refractivity contribution in [3.63, 3.8) is 0 Å². The van der Waals surface area contributed by atoms with E-state index in [-0.39, 0.29) is 11.7 Å². The largest absolute Gasteiger partial charge is 0.469 e. The lowest BCUT2D eigenvalue weighted by Gasteiger charge is -2.21. The second kappa shape index (κ2) is 7.83. The number of carbonyl (C=O) groups excluding carboxylic acids is 1. The quantitative estimate of drug-likeness (QED) is 0.478. The summed E-state index contributed by atoms with van der Waals surface area (Å²) in [5, 5.41) is 3.20. The van der Waals surface area contributed by atoms with E-state index in [4.69, 9.17) is 9.15 Å². The minimum atomic E-state index is 0.0113. The normalized spacial score (nSPS) is 15.5. The summed E-state index contributed by atoms with van der Waals surface area (Å²) in [6.45, 7) is 0. The van der Waals surface area contributed by atoms with Gasteiger partial charge in [-0.05, 0) is 48.5 Å². The van der Waals surface area contributed by atoms with Crippen LogP contribution in [0.4, 0.5) is 11.6 Å². The number of benzene rings is 2. The fourth-order valence-corrected chi connectivity index (χ4v) is 3.59. The predicted molar refractivity (Wildman–Crippen MR) is 112 cm³/mol. The van der Waals surface area contributed by atoms with E-state index in [0.717, 1.165) is 28.6 Å². The Kier molecular flexibility index (Phi) is 4.73. The number of ether oxygens (including phenoxy) is 1. The number of nitrogens with zero attached hydrogens (tertiary/aromatic N) is 2. The van der Waals surface area contributed by atoms with Gasteiger partial charge in [-0.15, -0.1) is 0 Å². The highest BCUT2D eigenvalue weighted by atomic mass is 16.5. The molecule has 0 fully saturated rings. The van der Waals surface area contributed by atoms with Gasteiger partial charge in [0, 0.05) is 30.6 Å². The van der Waals surface area contributed by atoms with E-state index in [1.807, 2.05) is 66.7 Å². The summed E-state index contributed by atoms with van der Waals surface area (Å²) < 4.78 is 11.3. The van der Waals surface area contributed by atoms with Crippen molar-refractivity contribution in [3.8, 4) is 11.5 Å². The topological polar surface area (TPSA) is 77.2 Å². The lowest BCUT2D eigenvalue weighted by atomic mass is 9.85. The average molecular weight is 397 g/mol. The number of Topliss-reactive ketones (excluding diaryl/α,β-unsaturated/α-hetero) is 1. The number of nitrogens with one attached hydrogen (secondary N) is 1. The highest BCUT2D eigenvalue weighted by Gasteiger charge is 2.29. The molecule has 0 spiro atoms. The summed E-state index contributed by atoms with van der Waals surface area (Å²) in [7, 11) is 0. The van der Waals surface area contributed by atoms with Gasteiger partial charge in [-0.2, -0.15) is 0 Å². The van der Waals surface area contributed by atoms with Crippen LogP contribution in [0.2, 0.25) is 0 Å². The first kappa shape index (κ1) is 18.1. The Morgan fingerprint density at radius 1 is 0.933 bits per heavy atom. The minimum Gasteiger partial charge on any atom is -0.469 e. The van der Waals surface area contributed by atoms with Crippen LogP contribution in [0.1, 0.15) is 34.2 Å². The van der Waals surface area contributed by atoms with Gasteiger partial charge in [0.25, 0.3) is 0 Å². The number of anilines is 2. The van der Waals surface area contributed by atoms with E-state index in [1.165, 1.54) is 0 Å². The molecule has 4 aromatic rings. The Morgan fingerprint density at radius 3 is 2.50 bits per heavy atom. The number of ketones is 1. The van der Waals surface area contributed by atoms with E-state index >= 15 is 0 Å². The maximum Gasteiger partial charge on any atom is 0.227 e. The maximum absolute atomic E-state index is 12.5. The van der Waals surface area contributed by atoms with Crippen molar-refractivity contribution >= 4 is 17.4 Å². The molecule has 0 saturated carbocycles. The van der Waals surface area contributed by atoms with E-state index in [9.17, 15) is 4.79 Å². The second-order valence-electron chi connectivity index (χ2n) is 7.16. The van der Waals surface area contributed by atoms with Crippen molar-refractivity contribution in [1.29, 1.82) is 0 Å². The first-order valence-electron chi connectivity index (χ1n) is 9.77. The number of fused-ring (bicyclic) bond motifs is 1. The van der Waals surface area contributed by atoms with Crippen molar-refractivity contribution in [1.82, 2.24) is 9.97 Å². The molecule has 148 valence electrons. The third-order valence-corrected chi connectivity index (χ3v) is 5.07. The third-order valence-electron chi connectivity index (χ3n) is 5.07. The van der Waals surface area contributed by atoms with Gasteiger partial charge in [-0.25, -0.2) is 9.97 Å². The van der Waals surface area contributed by atoms with Crippen LogP contribution >= 0.6 is 0 Å². The molecule has 1 aliphatic carbocycles. The van der Waals surface area contributed by atoms with E-state index < -0.39 is 0 Å². The zero-order valence-corrected chi connectivity index (χ0v) is 16.1. The van der Waals surface area contributed by atoms with Crippen molar-refractivity contribution < 1.29 is 13.9 Å². The molecular formula is C24H19N3O3. The molecule has 0 radical (unpaired) electrons. The van der Waals surface area contributed by atoms with E-state index in [1.54, 1.807) is 12.5 Å². The second-order valence-corrected chi connectivity index (χ2v) is 7.16. The molecule has 5 rings (SSSR count). The van der Waals surface area contributed by atoms with Crippen LogP contribution in [0.25, 0.3) is 0 Å². The maximum atomic E-state index is 12.5. The molecule has 6 nitrogen and oxygen atoms in total. The Morgan fingerprint density at radius 2 is 1.73 bits per heavy atom. The number of para-hydroxylation sites is 1. The molecule has 0 amide bonds. The summed E-state index contributed by atoms with van der Waals surface area (Å²) in [5.41, 5.74) is 2.17. The van der Waals surface area contributed by atoms with Gasteiger partial charge in [-0.1, -0.05) is 18.2 Å². The first-order valence-corrected chi connectivity index (χ1v) is 9.77. The van der Waals surface area contributed by atoms with Crippen LogP contribution in [0.3, 0.4) is 0 Å². The minimum absolute atomic E-state index is 0.0113. The molecular weight excluding hydrogens is 378 g/mol. The van der Waals surface area contributed by atoms with Crippen LogP contribution in [0.15, 0.2) is 83.6 Å². The number of rotatable bonds is 5. The fourth-order valence-electron chi connectivity index (χ4n) is 3.59. The first-order chi connectivity index (χ1) is 14.7. The molecule has 1 aliphatic rings. The zero-order chi connectivity index (χ0) is 20.3. The highest BCUT2D eigenvalue weighted by Crippen LogP contribution is 2.32. The Balaban J connectivity index is 1.31. The van der Waals surface area contributed by atoms with Crippen molar-refractivity contribution in [3.05, 3.63) is 96.2 Å². The number of hydrogen-bond acceptors (Lipinski definition) is 6. The molecule has 0 unspecified atom stereocenters. The molecule has 0 aliphatic heterocycles. The summed E-state index contributed by atoms with van der Waals surface area (Å²) in [6.07, 6.45) is 4.31. The zero-order valence-electron chi connectivity index (χ0n) is 16.1. The fraction of sp³-hybridized carbons (Fsp3) is 0.125. The van der Waals surface area contributed by atoms with Crippen LogP contribution in [-0.4, -0.2) is 15.8 Å². The molecule has 2 heterocycles. The van der Waals surface area contributed by atoms with Gasteiger partial charge in [0.05, 0.1) is 17.5 Å². The number of hydrogen-bond donors (Lipinski definition) is 1. The molecule has 0 bridgehead atoms. The number of carbonyl (C=O) groups is 1. The molecule has 2 aromatic heterocycles. The monoisotopic (exact) mass is 397 g/mol. The number of furan rings is 1. The van der Waals surface area contributed by atoms with Crippen molar-refractivity contribution in [2.75, 3.05) is 5.32 Å². The van der Waals surface area contributed by atoms with Gasteiger partial charge in [0.2, 0.25) is 5.95 Å². The van der Waals surface area contributed by atoms with Crippen LogP contribution in [0, 0.1) is 0 Å². The standard InChI is InChI=1S/C24H19N3O3/c28-22-14-16(23-7-4-12-29-23)13-21-20(22)15-25-24(27-21)26-17-8-10-19(11-9-17)30-18-5-2-1-3-6-18/h1-12,15-16H,13-14H2,(H,25,26,27)/t16-/m0/s1. The van der Waals surface area contributed by atoms with Gasteiger partial charge in [-0.3, -0.25) is 4.79 Å². The summed E-state index contributed by atoms with van der Waals surface area (Å²) in [6, 6.07) is 20.9. The summed E-state index contributed by atoms with van der Waals surface area (Å²) >= 11 is 0. The SMILES string of the molecule is O=C1C[C@@H](c2ccco2)Cc2nc(Nc3ccc(Oc4ccccc4)cc3)ncc21. The molecule has 1 N–H and O–H groups in total. The highest BCUT2D eigenvalue weighted by molar-refractivity contribution is 5.98. The number of aromatic nitrogens is 2. The van der Waals surface area contributed by atoms with E-state index in [2.05, 4.69) is 15.3 Å². The molecule has 1 atom stereocenters. The van der Waals surface area contributed by atoms with Crippen LogP contribution in [0.5, 0.6) is 11.5 Å². The predicted octanol–water partition coefficient (Wildman–Crippen LogP) is 5.52. The van der Waals surface area contributed by atoms with Crippen LogP contribution < -0.4 is 10.1 Å². The van der Waals surface area contributed by atoms with Gasteiger partial charge < -0.3 is 14.5 Å². The molecule has 6 heteroatoms. The Labute approximate surface area is 173 Å². The van der Waals surface area contributed by atoms with Gasteiger partial charge in [0.1, 0.15) is 17.3 Å². The van der Waals surface area contributed by atoms with Crippen LogP contribution in [-0.2, 0) is 6.42 Å². The lowest BCUT2D eigenvalue weighted by molar-refractivity contribution is 0.0958. The molecule has 30 heavy (non-hydrogen) atoms. The summed E-state index contributed by atoms with van der Waals surface area (Å²) in [5.74, 6) is 2.86. The Hall–Kier alpha value is -3.93. The van der Waals surface area contributed by atoms with Gasteiger partial charge in [0.15, 0.2) is 5.78 Å². The smallest absolute Gasteiger partial charge is 0.227 e.